The van der Waals surface area contributed by atoms with E-state index in [9.17, 15) is 0 Å². The Balaban J connectivity index is 1.71. The summed E-state index contributed by atoms with van der Waals surface area (Å²) in [6.45, 7) is 11.4. The molecule has 1 saturated heterocycles. The number of nitrogens with zero attached hydrogens (tertiary/aromatic N) is 2. The molecule has 23 heavy (non-hydrogen) atoms. The second-order valence-corrected chi connectivity index (χ2v) is 8.04. The Morgan fingerprint density at radius 1 is 1.48 bits per heavy atom. The molecular formula is C18H32N4S. The van der Waals surface area contributed by atoms with E-state index in [0.29, 0.717) is 6.04 Å². The zero-order valence-corrected chi connectivity index (χ0v) is 15.9. The van der Waals surface area contributed by atoms with E-state index in [0.717, 1.165) is 24.8 Å². The van der Waals surface area contributed by atoms with Crippen molar-refractivity contribution < 1.29 is 0 Å². The van der Waals surface area contributed by atoms with Crippen LogP contribution in [0.1, 0.15) is 36.4 Å². The van der Waals surface area contributed by atoms with Crippen LogP contribution in [0, 0.1) is 12.8 Å². The third kappa shape index (κ3) is 6.15. The maximum Gasteiger partial charge on any atom is 0.191 e. The van der Waals surface area contributed by atoms with E-state index >= 15 is 0 Å². The predicted molar refractivity (Wildman–Crippen MR) is 102 cm³/mol. The van der Waals surface area contributed by atoms with Gasteiger partial charge in [-0.3, -0.25) is 4.99 Å². The Morgan fingerprint density at radius 3 is 2.96 bits per heavy atom. The monoisotopic (exact) mass is 336 g/mol. The molecule has 0 aromatic carbocycles. The fourth-order valence-electron chi connectivity index (χ4n) is 3.22. The lowest BCUT2D eigenvalue weighted by Crippen LogP contribution is -2.44. The van der Waals surface area contributed by atoms with Crippen LogP contribution in [-0.4, -0.2) is 50.1 Å². The topological polar surface area (TPSA) is 39.7 Å². The summed E-state index contributed by atoms with van der Waals surface area (Å²) in [6, 6.07) is 4.82. The third-order valence-electron chi connectivity index (χ3n) is 4.38. The number of aliphatic imine (C=N–C) groups is 1. The maximum atomic E-state index is 4.38. The van der Waals surface area contributed by atoms with Crippen molar-refractivity contribution in [2.75, 3.05) is 33.2 Å². The zero-order valence-electron chi connectivity index (χ0n) is 15.1. The molecule has 5 heteroatoms. The third-order valence-corrected chi connectivity index (χ3v) is 5.40. The van der Waals surface area contributed by atoms with Gasteiger partial charge in [-0.15, -0.1) is 11.3 Å². The van der Waals surface area contributed by atoms with Gasteiger partial charge in [0.15, 0.2) is 5.96 Å². The average molecular weight is 337 g/mol. The summed E-state index contributed by atoms with van der Waals surface area (Å²) >= 11 is 1.88. The lowest BCUT2D eigenvalue weighted by molar-refractivity contribution is 0.324. The first kappa shape index (κ1) is 18.3. The molecule has 0 spiro atoms. The summed E-state index contributed by atoms with van der Waals surface area (Å²) in [4.78, 5) is 9.77. The first-order valence-electron chi connectivity index (χ1n) is 8.85. The summed E-state index contributed by atoms with van der Waals surface area (Å²) in [7, 11) is 1.86. The van der Waals surface area contributed by atoms with Gasteiger partial charge in [0, 0.05) is 42.4 Å². The SMILES string of the molecule is CCCN1CCC(CNC(=NC)NC(C)Cc2ccc(C)s2)C1. The Hall–Kier alpha value is -1.07. The summed E-state index contributed by atoms with van der Waals surface area (Å²) in [5.74, 6) is 1.68. The molecule has 2 heterocycles. The van der Waals surface area contributed by atoms with E-state index in [1.807, 2.05) is 18.4 Å². The van der Waals surface area contributed by atoms with E-state index in [2.05, 4.69) is 53.4 Å². The molecule has 1 fully saturated rings. The molecule has 0 saturated carbocycles. The van der Waals surface area contributed by atoms with Crippen molar-refractivity contribution in [3.63, 3.8) is 0 Å². The largest absolute Gasteiger partial charge is 0.356 e. The fraction of sp³-hybridized carbons (Fsp3) is 0.722. The first-order valence-corrected chi connectivity index (χ1v) is 9.67. The second-order valence-electron chi connectivity index (χ2n) is 6.67. The van der Waals surface area contributed by atoms with Crippen molar-refractivity contribution in [1.82, 2.24) is 15.5 Å². The summed E-state index contributed by atoms with van der Waals surface area (Å²) in [5, 5.41) is 7.03. The van der Waals surface area contributed by atoms with E-state index in [4.69, 9.17) is 0 Å². The number of hydrogen-bond donors (Lipinski definition) is 2. The van der Waals surface area contributed by atoms with E-state index in [1.165, 1.54) is 42.2 Å². The molecule has 0 aliphatic carbocycles. The zero-order chi connectivity index (χ0) is 16.7. The van der Waals surface area contributed by atoms with E-state index in [1.54, 1.807) is 0 Å². The Labute approximate surface area is 145 Å². The van der Waals surface area contributed by atoms with Gasteiger partial charge in [0.05, 0.1) is 0 Å². The molecule has 4 nitrogen and oxygen atoms in total. The lowest BCUT2D eigenvalue weighted by Gasteiger charge is -2.19. The van der Waals surface area contributed by atoms with Crippen LogP contribution >= 0.6 is 11.3 Å². The van der Waals surface area contributed by atoms with Gasteiger partial charge in [-0.25, -0.2) is 0 Å². The van der Waals surface area contributed by atoms with Gasteiger partial charge in [-0.2, -0.15) is 0 Å². The molecule has 1 aromatic rings. The van der Waals surface area contributed by atoms with Gasteiger partial charge in [0.25, 0.3) is 0 Å². The number of rotatable bonds is 7. The van der Waals surface area contributed by atoms with Gasteiger partial charge in [0.2, 0.25) is 0 Å². The van der Waals surface area contributed by atoms with Crippen LogP contribution < -0.4 is 10.6 Å². The van der Waals surface area contributed by atoms with Crippen LogP contribution in [0.25, 0.3) is 0 Å². The van der Waals surface area contributed by atoms with Crippen LogP contribution in [-0.2, 0) is 6.42 Å². The molecule has 1 aromatic heterocycles. The number of hydrogen-bond acceptors (Lipinski definition) is 3. The highest BCUT2D eigenvalue weighted by atomic mass is 32.1. The number of guanidine groups is 1. The Kier molecular flexibility index (Phi) is 7.37. The summed E-state index contributed by atoms with van der Waals surface area (Å²) in [6.07, 6.45) is 3.60. The lowest BCUT2D eigenvalue weighted by atomic mass is 10.1. The molecule has 2 N–H and O–H groups in total. The smallest absolute Gasteiger partial charge is 0.191 e. The first-order chi connectivity index (χ1) is 11.1. The van der Waals surface area contributed by atoms with E-state index < -0.39 is 0 Å². The Bertz CT molecular complexity index is 497. The van der Waals surface area contributed by atoms with Gasteiger partial charge >= 0.3 is 0 Å². The summed E-state index contributed by atoms with van der Waals surface area (Å²) in [5.41, 5.74) is 0. The highest BCUT2D eigenvalue weighted by Gasteiger charge is 2.21. The highest BCUT2D eigenvalue weighted by molar-refractivity contribution is 7.11. The van der Waals surface area contributed by atoms with Gasteiger partial charge < -0.3 is 15.5 Å². The Morgan fingerprint density at radius 2 is 2.30 bits per heavy atom. The molecule has 0 radical (unpaired) electrons. The van der Waals surface area contributed by atoms with Crippen molar-refractivity contribution in [2.45, 2.75) is 46.1 Å². The number of aryl methyl sites for hydroxylation is 1. The number of nitrogens with one attached hydrogen (secondary N) is 2. The van der Waals surface area contributed by atoms with Crippen LogP contribution in [0.3, 0.4) is 0 Å². The molecule has 0 bridgehead atoms. The number of thiophene rings is 1. The van der Waals surface area contributed by atoms with Crippen LogP contribution in [0.15, 0.2) is 17.1 Å². The minimum Gasteiger partial charge on any atom is -0.356 e. The van der Waals surface area contributed by atoms with Crippen molar-refractivity contribution in [3.8, 4) is 0 Å². The molecular weight excluding hydrogens is 304 g/mol. The van der Waals surface area contributed by atoms with Crippen LogP contribution in [0.5, 0.6) is 0 Å². The van der Waals surface area contributed by atoms with Crippen molar-refractivity contribution in [3.05, 3.63) is 21.9 Å². The minimum atomic E-state index is 0.388. The standard InChI is InChI=1S/C18H32N4S/c1-5-9-22-10-8-16(13-22)12-20-18(19-4)21-14(2)11-17-7-6-15(3)23-17/h6-7,14,16H,5,8-13H2,1-4H3,(H2,19,20,21). The normalized spacial score (nSPS) is 20.7. The quantitative estimate of drug-likeness (QED) is 0.594. The predicted octanol–water partition coefficient (Wildman–Crippen LogP) is 2.88. The second kappa shape index (κ2) is 9.28. The maximum absolute atomic E-state index is 4.38. The highest BCUT2D eigenvalue weighted by Crippen LogP contribution is 2.17. The molecule has 2 unspecified atom stereocenters. The van der Waals surface area contributed by atoms with E-state index in [-0.39, 0.29) is 0 Å². The molecule has 1 aliphatic heterocycles. The average Bonchev–Trinajstić information content (AvgIpc) is 3.13. The van der Waals surface area contributed by atoms with Crippen LogP contribution in [0.2, 0.25) is 0 Å². The van der Waals surface area contributed by atoms with Crippen molar-refractivity contribution in [2.24, 2.45) is 10.9 Å². The van der Waals surface area contributed by atoms with Gasteiger partial charge in [0.1, 0.15) is 0 Å². The fourth-order valence-corrected chi connectivity index (χ4v) is 4.23. The molecule has 2 rings (SSSR count). The molecule has 130 valence electrons. The van der Waals surface area contributed by atoms with Crippen molar-refractivity contribution >= 4 is 17.3 Å². The minimum absolute atomic E-state index is 0.388. The number of likely N-dealkylation sites (tertiary alicyclic amines) is 1. The molecule has 0 amide bonds. The van der Waals surface area contributed by atoms with Crippen molar-refractivity contribution in [1.29, 1.82) is 0 Å². The van der Waals surface area contributed by atoms with Gasteiger partial charge in [-0.1, -0.05) is 6.92 Å². The molecule has 1 aliphatic rings. The van der Waals surface area contributed by atoms with Crippen LogP contribution in [0.4, 0.5) is 0 Å². The summed E-state index contributed by atoms with van der Waals surface area (Å²) < 4.78 is 0. The molecule has 2 atom stereocenters. The van der Waals surface area contributed by atoms with Gasteiger partial charge in [-0.05, 0) is 57.8 Å².